The van der Waals surface area contributed by atoms with E-state index in [9.17, 15) is 0 Å². The standard InChI is InChI=1S/C21H27N3OS/c1-16-7-6-10-19(15-16)23-21(26)22-17(2)20(18-8-4-3-5-9-18)24-11-13-25-14-12-24/h3-10,15,17,20H,11-14H2,1-2H3,(H2,22,23,26)/t17-,20+/m0/s1. The van der Waals surface area contributed by atoms with Gasteiger partial charge in [-0.2, -0.15) is 0 Å². The van der Waals surface area contributed by atoms with Gasteiger partial charge in [0, 0.05) is 24.8 Å². The molecule has 1 heterocycles. The summed E-state index contributed by atoms with van der Waals surface area (Å²) in [5.74, 6) is 0. The second-order valence-corrected chi connectivity index (χ2v) is 7.17. The van der Waals surface area contributed by atoms with Crippen molar-refractivity contribution < 1.29 is 4.74 Å². The zero-order valence-electron chi connectivity index (χ0n) is 15.4. The highest BCUT2D eigenvalue weighted by molar-refractivity contribution is 7.80. The SMILES string of the molecule is Cc1cccc(NC(=S)N[C@@H](C)[C@H](c2ccccc2)N2CCOCC2)c1. The number of anilines is 1. The van der Waals surface area contributed by atoms with E-state index in [-0.39, 0.29) is 12.1 Å². The molecule has 0 radical (unpaired) electrons. The molecule has 0 bridgehead atoms. The minimum absolute atomic E-state index is 0.167. The van der Waals surface area contributed by atoms with Crippen LogP contribution in [0.2, 0.25) is 0 Å². The fraction of sp³-hybridized carbons (Fsp3) is 0.381. The monoisotopic (exact) mass is 369 g/mol. The highest BCUT2D eigenvalue weighted by Crippen LogP contribution is 2.25. The predicted molar refractivity (Wildman–Crippen MR) is 112 cm³/mol. The Kier molecular flexibility index (Phi) is 6.61. The second-order valence-electron chi connectivity index (χ2n) is 6.76. The third kappa shape index (κ3) is 5.04. The highest BCUT2D eigenvalue weighted by atomic mass is 32.1. The van der Waals surface area contributed by atoms with Gasteiger partial charge in [-0.3, -0.25) is 4.90 Å². The van der Waals surface area contributed by atoms with E-state index in [1.807, 2.05) is 12.1 Å². The molecule has 1 saturated heterocycles. The van der Waals surface area contributed by atoms with Gasteiger partial charge in [0.25, 0.3) is 0 Å². The van der Waals surface area contributed by atoms with Crippen LogP contribution in [0.1, 0.15) is 24.1 Å². The van der Waals surface area contributed by atoms with Gasteiger partial charge < -0.3 is 15.4 Å². The van der Waals surface area contributed by atoms with Crippen LogP contribution in [0.15, 0.2) is 54.6 Å². The van der Waals surface area contributed by atoms with Crippen molar-refractivity contribution >= 4 is 23.0 Å². The minimum atomic E-state index is 0.167. The Balaban J connectivity index is 1.70. The van der Waals surface area contributed by atoms with Crippen LogP contribution in [0, 0.1) is 6.92 Å². The average Bonchev–Trinajstić information content (AvgIpc) is 2.63. The van der Waals surface area contributed by atoms with Gasteiger partial charge in [0.05, 0.1) is 19.3 Å². The Morgan fingerprint density at radius 2 is 1.81 bits per heavy atom. The number of thiocarbonyl (C=S) groups is 1. The van der Waals surface area contributed by atoms with Crippen LogP contribution < -0.4 is 10.6 Å². The molecule has 2 atom stereocenters. The summed E-state index contributed by atoms with van der Waals surface area (Å²) in [4.78, 5) is 2.48. The summed E-state index contributed by atoms with van der Waals surface area (Å²) in [5, 5.41) is 7.43. The van der Waals surface area contributed by atoms with E-state index < -0.39 is 0 Å². The summed E-state index contributed by atoms with van der Waals surface area (Å²) < 4.78 is 5.54. The molecule has 0 amide bonds. The van der Waals surface area contributed by atoms with Crippen molar-refractivity contribution in [2.45, 2.75) is 25.9 Å². The van der Waals surface area contributed by atoms with Crippen LogP contribution in [0.3, 0.4) is 0 Å². The molecule has 5 heteroatoms. The maximum atomic E-state index is 5.56. The number of aryl methyl sites for hydroxylation is 1. The number of ether oxygens (including phenoxy) is 1. The summed E-state index contributed by atoms with van der Waals surface area (Å²) >= 11 is 5.56. The summed E-state index contributed by atoms with van der Waals surface area (Å²) in [6, 6.07) is 19.3. The van der Waals surface area contributed by atoms with Crippen molar-refractivity contribution in [1.82, 2.24) is 10.2 Å². The number of nitrogens with zero attached hydrogens (tertiary/aromatic N) is 1. The molecule has 1 aliphatic heterocycles. The predicted octanol–water partition coefficient (Wildman–Crippen LogP) is 3.74. The van der Waals surface area contributed by atoms with Crippen LogP contribution in [0.25, 0.3) is 0 Å². The zero-order chi connectivity index (χ0) is 18.4. The van der Waals surface area contributed by atoms with Gasteiger partial charge in [-0.05, 0) is 49.3 Å². The van der Waals surface area contributed by atoms with Gasteiger partial charge in [-0.25, -0.2) is 0 Å². The number of rotatable bonds is 5. The summed E-state index contributed by atoms with van der Waals surface area (Å²) in [7, 11) is 0. The number of benzene rings is 2. The smallest absolute Gasteiger partial charge is 0.171 e. The van der Waals surface area contributed by atoms with E-state index in [1.54, 1.807) is 0 Å². The number of hydrogen-bond donors (Lipinski definition) is 2. The third-order valence-corrected chi connectivity index (χ3v) is 4.91. The lowest BCUT2D eigenvalue weighted by Gasteiger charge is -2.38. The normalized spacial score (nSPS) is 17.3. The first-order valence-corrected chi connectivity index (χ1v) is 9.55. The van der Waals surface area contributed by atoms with Gasteiger partial charge >= 0.3 is 0 Å². The molecule has 0 unspecified atom stereocenters. The topological polar surface area (TPSA) is 36.5 Å². The Morgan fingerprint density at radius 1 is 1.08 bits per heavy atom. The van der Waals surface area contributed by atoms with E-state index in [2.05, 4.69) is 71.8 Å². The molecule has 0 aromatic heterocycles. The maximum Gasteiger partial charge on any atom is 0.171 e. The van der Waals surface area contributed by atoms with Gasteiger partial charge in [0.15, 0.2) is 5.11 Å². The van der Waals surface area contributed by atoms with Crippen molar-refractivity contribution in [2.75, 3.05) is 31.6 Å². The molecular weight excluding hydrogens is 342 g/mol. The molecule has 4 nitrogen and oxygen atoms in total. The first-order valence-electron chi connectivity index (χ1n) is 9.14. The lowest BCUT2D eigenvalue weighted by molar-refractivity contribution is 0.0102. The van der Waals surface area contributed by atoms with Gasteiger partial charge in [-0.15, -0.1) is 0 Å². The summed E-state index contributed by atoms with van der Waals surface area (Å²) in [5.41, 5.74) is 3.52. The molecule has 1 aliphatic rings. The van der Waals surface area contributed by atoms with Crippen LogP contribution in [-0.4, -0.2) is 42.4 Å². The first-order chi connectivity index (χ1) is 12.6. The van der Waals surface area contributed by atoms with Crippen molar-refractivity contribution in [3.8, 4) is 0 Å². The van der Waals surface area contributed by atoms with E-state index in [0.717, 1.165) is 32.0 Å². The molecule has 2 aromatic rings. The van der Waals surface area contributed by atoms with Crippen LogP contribution in [0.4, 0.5) is 5.69 Å². The fourth-order valence-corrected chi connectivity index (χ4v) is 3.80. The molecule has 1 fully saturated rings. The Labute approximate surface area is 161 Å². The molecular formula is C21H27N3OS. The van der Waals surface area contributed by atoms with Gasteiger partial charge in [-0.1, -0.05) is 42.5 Å². The first kappa shape index (κ1) is 18.8. The van der Waals surface area contributed by atoms with Gasteiger partial charge in [0.1, 0.15) is 0 Å². The van der Waals surface area contributed by atoms with E-state index in [1.165, 1.54) is 11.1 Å². The van der Waals surface area contributed by atoms with Crippen molar-refractivity contribution in [1.29, 1.82) is 0 Å². The van der Waals surface area contributed by atoms with Crippen molar-refractivity contribution in [3.05, 3.63) is 65.7 Å². The van der Waals surface area contributed by atoms with E-state index in [0.29, 0.717) is 5.11 Å². The van der Waals surface area contributed by atoms with Crippen LogP contribution in [0.5, 0.6) is 0 Å². The summed E-state index contributed by atoms with van der Waals surface area (Å²) in [6.45, 7) is 7.70. The quantitative estimate of drug-likeness (QED) is 0.785. The van der Waals surface area contributed by atoms with Crippen molar-refractivity contribution in [2.24, 2.45) is 0 Å². The Morgan fingerprint density at radius 3 is 2.50 bits per heavy atom. The minimum Gasteiger partial charge on any atom is -0.379 e. The van der Waals surface area contributed by atoms with Crippen LogP contribution >= 0.6 is 12.2 Å². The largest absolute Gasteiger partial charge is 0.379 e. The Bertz CT molecular complexity index is 716. The molecule has 2 aromatic carbocycles. The third-order valence-electron chi connectivity index (χ3n) is 4.69. The lowest BCUT2D eigenvalue weighted by atomic mass is 9.98. The summed E-state index contributed by atoms with van der Waals surface area (Å²) in [6.07, 6.45) is 0. The molecule has 0 aliphatic carbocycles. The van der Waals surface area contributed by atoms with Crippen LogP contribution in [-0.2, 0) is 4.74 Å². The zero-order valence-corrected chi connectivity index (χ0v) is 16.3. The molecule has 0 saturated carbocycles. The maximum absolute atomic E-state index is 5.56. The fourth-order valence-electron chi connectivity index (χ4n) is 3.50. The second kappa shape index (κ2) is 9.12. The van der Waals surface area contributed by atoms with E-state index in [4.69, 9.17) is 17.0 Å². The molecule has 138 valence electrons. The Hall–Kier alpha value is -1.95. The molecule has 2 N–H and O–H groups in total. The van der Waals surface area contributed by atoms with Crippen molar-refractivity contribution in [3.63, 3.8) is 0 Å². The van der Waals surface area contributed by atoms with E-state index >= 15 is 0 Å². The van der Waals surface area contributed by atoms with Gasteiger partial charge in [0.2, 0.25) is 0 Å². The lowest BCUT2D eigenvalue weighted by Crippen LogP contribution is -2.49. The molecule has 3 rings (SSSR count). The average molecular weight is 370 g/mol. The number of morpholine rings is 1. The molecule has 0 spiro atoms. The highest BCUT2D eigenvalue weighted by Gasteiger charge is 2.28. The molecule has 26 heavy (non-hydrogen) atoms. The number of hydrogen-bond acceptors (Lipinski definition) is 3. The number of nitrogens with one attached hydrogen (secondary N) is 2.